The number of carboxylic acid groups (broad SMARTS) is 1. The van der Waals surface area contributed by atoms with Crippen LogP contribution >= 0.6 is 0 Å². The summed E-state index contributed by atoms with van der Waals surface area (Å²) in [5, 5.41) is 17.8. The van der Waals surface area contributed by atoms with Gasteiger partial charge in [-0.15, -0.1) is 0 Å². The molecule has 0 amide bonds. The molecule has 94 valence electrons. The molecule has 0 bridgehead atoms. The molecule has 0 heterocycles. The van der Waals surface area contributed by atoms with Crippen molar-refractivity contribution < 1.29 is 28.9 Å². The van der Waals surface area contributed by atoms with Crippen molar-refractivity contribution in [3.05, 3.63) is 23.5 Å². The van der Waals surface area contributed by atoms with Crippen molar-refractivity contribution in [2.75, 3.05) is 13.7 Å². The lowest BCUT2D eigenvalue weighted by molar-refractivity contribution is 0.0695. The summed E-state index contributed by atoms with van der Waals surface area (Å²) in [5.41, 5.74) is -0.233. The molecule has 0 radical (unpaired) electrons. The van der Waals surface area contributed by atoms with E-state index in [1.54, 1.807) is 0 Å². The number of aliphatic hydroxyl groups is 1. The molecule has 0 spiro atoms. The Bertz CT molecular complexity index is 417. The van der Waals surface area contributed by atoms with E-state index in [1.165, 1.54) is 14.0 Å². The van der Waals surface area contributed by atoms with Crippen LogP contribution in [0.5, 0.6) is 11.5 Å². The Hall–Kier alpha value is -1.82. The summed E-state index contributed by atoms with van der Waals surface area (Å²) in [6.45, 7) is 1.37. The van der Waals surface area contributed by atoms with Crippen molar-refractivity contribution >= 4 is 5.97 Å². The lowest BCUT2D eigenvalue weighted by Crippen LogP contribution is -2.14. The number of rotatable bonds is 5. The maximum atomic E-state index is 13.6. The normalized spacial score (nSPS) is 12.0. The average Bonchev–Trinajstić information content (AvgIpc) is 2.25. The van der Waals surface area contributed by atoms with Crippen molar-refractivity contribution in [2.45, 2.75) is 13.0 Å². The van der Waals surface area contributed by atoms with Crippen molar-refractivity contribution in [1.82, 2.24) is 0 Å². The van der Waals surface area contributed by atoms with Gasteiger partial charge >= 0.3 is 5.97 Å². The summed E-state index contributed by atoms with van der Waals surface area (Å²) in [5.74, 6) is -2.34. The van der Waals surface area contributed by atoms with Crippen molar-refractivity contribution in [3.8, 4) is 11.5 Å². The van der Waals surface area contributed by atoms with Gasteiger partial charge in [-0.25, -0.2) is 9.18 Å². The summed E-state index contributed by atoms with van der Waals surface area (Å²) in [6, 6.07) is 1.99. The smallest absolute Gasteiger partial charge is 0.335 e. The number of hydrogen-bond acceptors (Lipinski definition) is 4. The Morgan fingerprint density at radius 3 is 2.65 bits per heavy atom. The maximum Gasteiger partial charge on any atom is 0.335 e. The largest absolute Gasteiger partial charge is 0.493 e. The van der Waals surface area contributed by atoms with E-state index >= 15 is 0 Å². The van der Waals surface area contributed by atoms with Crippen LogP contribution in [-0.4, -0.2) is 36.0 Å². The number of hydrogen-bond donors (Lipinski definition) is 2. The molecule has 6 heteroatoms. The molecular formula is C11H13FO5. The number of benzene rings is 1. The zero-order chi connectivity index (χ0) is 13.0. The van der Waals surface area contributed by atoms with E-state index in [2.05, 4.69) is 0 Å². The quantitative estimate of drug-likeness (QED) is 0.816. The highest BCUT2D eigenvalue weighted by atomic mass is 19.1. The van der Waals surface area contributed by atoms with Gasteiger partial charge in [-0.1, -0.05) is 0 Å². The Morgan fingerprint density at radius 2 is 2.18 bits per heavy atom. The molecule has 17 heavy (non-hydrogen) atoms. The first-order valence-corrected chi connectivity index (χ1v) is 4.87. The molecule has 1 atom stereocenters. The topological polar surface area (TPSA) is 76.0 Å². The third kappa shape index (κ3) is 3.32. The second-order valence-electron chi connectivity index (χ2n) is 3.45. The van der Waals surface area contributed by atoms with Crippen molar-refractivity contribution in [2.24, 2.45) is 0 Å². The molecule has 1 unspecified atom stereocenters. The first kappa shape index (κ1) is 13.2. The van der Waals surface area contributed by atoms with Gasteiger partial charge in [-0.05, 0) is 19.1 Å². The molecule has 0 aliphatic carbocycles. The number of carbonyl (C=O) groups is 1. The first-order valence-electron chi connectivity index (χ1n) is 4.87. The minimum Gasteiger partial charge on any atom is -0.493 e. The van der Waals surface area contributed by atoms with E-state index in [1.807, 2.05) is 0 Å². The van der Waals surface area contributed by atoms with Crippen LogP contribution in [0.15, 0.2) is 12.1 Å². The Kier molecular flexibility index (Phi) is 4.28. The molecule has 1 aromatic rings. The summed E-state index contributed by atoms with van der Waals surface area (Å²) < 4.78 is 23.4. The van der Waals surface area contributed by atoms with Crippen LogP contribution in [0.4, 0.5) is 4.39 Å². The minimum absolute atomic E-state index is 0.0250. The Labute approximate surface area is 97.4 Å². The van der Waals surface area contributed by atoms with Gasteiger partial charge < -0.3 is 19.7 Å². The van der Waals surface area contributed by atoms with Crippen LogP contribution in [0.3, 0.4) is 0 Å². The van der Waals surface area contributed by atoms with Crippen molar-refractivity contribution in [1.29, 1.82) is 0 Å². The van der Waals surface area contributed by atoms with Gasteiger partial charge in [-0.3, -0.25) is 0 Å². The highest BCUT2D eigenvalue weighted by Gasteiger charge is 2.16. The lowest BCUT2D eigenvalue weighted by atomic mass is 10.2. The molecule has 0 saturated carbocycles. The number of methoxy groups -OCH3 is 1. The highest BCUT2D eigenvalue weighted by molar-refractivity contribution is 5.88. The molecule has 0 aliphatic heterocycles. The summed E-state index contributed by atoms with van der Waals surface area (Å²) in [6.07, 6.45) is -0.766. The standard InChI is InChI=1S/C11H13FO5/c1-6(13)5-17-10-8(12)3-7(11(14)15)4-9(10)16-2/h3-4,6,13H,5H2,1-2H3,(H,14,15). The fourth-order valence-electron chi connectivity index (χ4n) is 1.19. The zero-order valence-corrected chi connectivity index (χ0v) is 9.44. The second-order valence-corrected chi connectivity index (χ2v) is 3.45. The third-order valence-electron chi connectivity index (χ3n) is 1.95. The number of aliphatic hydroxyl groups excluding tert-OH is 1. The van der Waals surface area contributed by atoms with Crippen LogP contribution in [0.1, 0.15) is 17.3 Å². The molecule has 0 aliphatic rings. The van der Waals surface area contributed by atoms with E-state index in [9.17, 15) is 9.18 Å². The van der Waals surface area contributed by atoms with Gasteiger partial charge in [0.1, 0.15) is 6.61 Å². The van der Waals surface area contributed by atoms with Crippen LogP contribution in [0, 0.1) is 5.82 Å². The maximum absolute atomic E-state index is 13.6. The van der Waals surface area contributed by atoms with Crippen LogP contribution in [0.25, 0.3) is 0 Å². The molecule has 2 N–H and O–H groups in total. The SMILES string of the molecule is COc1cc(C(=O)O)cc(F)c1OCC(C)O. The fraction of sp³-hybridized carbons (Fsp3) is 0.364. The molecule has 0 fully saturated rings. The first-order chi connectivity index (χ1) is 7.95. The molecule has 1 rings (SSSR count). The van der Waals surface area contributed by atoms with Gasteiger partial charge in [0.25, 0.3) is 0 Å². The summed E-state index contributed by atoms with van der Waals surface area (Å²) in [4.78, 5) is 10.7. The van der Waals surface area contributed by atoms with E-state index in [0.29, 0.717) is 0 Å². The zero-order valence-electron chi connectivity index (χ0n) is 9.44. The van der Waals surface area contributed by atoms with Crippen LogP contribution < -0.4 is 9.47 Å². The van der Waals surface area contributed by atoms with Crippen LogP contribution in [-0.2, 0) is 0 Å². The molecule has 0 saturated heterocycles. The predicted molar refractivity (Wildman–Crippen MR) is 57.1 cm³/mol. The molecule has 0 aromatic heterocycles. The van der Waals surface area contributed by atoms with Crippen LogP contribution in [0.2, 0.25) is 0 Å². The van der Waals surface area contributed by atoms with Crippen molar-refractivity contribution in [3.63, 3.8) is 0 Å². The summed E-state index contributed by atoms with van der Waals surface area (Å²) in [7, 11) is 1.27. The van der Waals surface area contributed by atoms with Gasteiger partial charge in [-0.2, -0.15) is 0 Å². The van der Waals surface area contributed by atoms with Gasteiger partial charge in [0.15, 0.2) is 17.3 Å². The van der Waals surface area contributed by atoms with E-state index in [4.69, 9.17) is 19.7 Å². The van der Waals surface area contributed by atoms with Gasteiger partial charge in [0, 0.05) is 0 Å². The predicted octanol–water partition coefficient (Wildman–Crippen LogP) is 1.29. The second kappa shape index (κ2) is 5.49. The Balaban J connectivity index is 3.07. The lowest BCUT2D eigenvalue weighted by Gasteiger charge is -2.13. The number of halogens is 1. The number of aromatic carboxylic acids is 1. The van der Waals surface area contributed by atoms with Gasteiger partial charge in [0.2, 0.25) is 0 Å². The average molecular weight is 244 g/mol. The molecule has 1 aromatic carbocycles. The number of ether oxygens (including phenoxy) is 2. The van der Waals surface area contributed by atoms with E-state index in [0.717, 1.165) is 12.1 Å². The summed E-state index contributed by atoms with van der Waals surface area (Å²) >= 11 is 0. The van der Waals surface area contributed by atoms with Gasteiger partial charge in [0.05, 0.1) is 18.8 Å². The molecule has 5 nitrogen and oxygen atoms in total. The Morgan fingerprint density at radius 1 is 1.53 bits per heavy atom. The third-order valence-corrected chi connectivity index (χ3v) is 1.95. The monoisotopic (exact) mass is 244 g/mol. The molecular weight excluding hydrogens is 231 g/mol. The fourth-order valence-corrected chi connectivity index (χ4v) is 1.19. The van der Waals surface area contributed by atoms with E-state index < -0.39 is 17.9 Å². The van der Waals surface area contributed by atoms with E-state index in [-0.39, 0.29) is 23.7 Å². The number of carboxylic acids is 1. The minimum atomic E-state index is -1.26. The highest BCUT2D eigenvalue weighted by Crippen LogP contribution is 2.31.